The number of carbonyl (C=O) groups excluding carboxylic acids is 1. The van der Waals surface area contributed by atoms with Gasteiger partial charge in [-0.25, -0.2) is 8.42 Å². The molecule has 1 N–H and O–H groups in total. The van der Waals surface area contributed by atoms with E-state index in [0.29, 0.717) is 36.9 Å². The Morgan fingerprint density at radius 3 is 2.48 bits per heavy atom. The first-order chi connectivity index (χ1) is 14.9. The van der Waals surface area contributed by atoms with Crippen LogP contribution in [-0.4, -0.2) is 45.4 Å². The van der Waals surface area contributed by atoms with E-state index in [-0.39, 0.29) is 15.5 Å². The summed E-state index contributed by atoms with van der Waals surface area (Å²) in [7, 11) is -2.15. The maximum Gasteiger partial charge on any atom is 0.255 e. The van der Waals surface area contributed by atoms with Gasteiger partial charge in [0, 0.05) is 24.3 Å². The predicted octanol–water partition coefficient (Wildman–Crippen LogP) is 4.56. The Balaban J connectivity index is 1.82. The fourth-order valence-electron chi connectivity index (χ4n) is 3.50. The van der Waals surface area contributed by atoms with Crippen molar-refractivity contribution in [3.63, 3.8) is 0 Å². The van der Waals surface area contributed by atoms with Crippen LogP contribution in [-0.2, 0) is 10.0 Å². The lowest BCUT2D eigenvalue weighted by Gasteiger charge is -2.20. The van der Waals surface area contributed by atoms with Crippen molar-refractivity contribution in [3.05, 3.63) is 47.0 Å². The lowest BCUT2D eigenvalue weighted by atomic mass is 10.1. The van der Waals surface area contributed by atoms with Crippen LogP contribution in [0.4, 0.5) is 5.69 Å². The number of hydrogen-bond acceptors (Lipinski definition) is 5. The molecule has 1 saturated heterocycles. The van der Waals surface area contributed by atoms with Gasteiger partial charge in [0.25, 0.3) is 5.91 Å². The highest BCUT2D eigenvalue weighted by molar-refractivity contribution is 7.89. The maximum atomic E-state index is 13.0. The molecule has 31 heavy (non-hydrogen) atoms. The number of nitrogens with one attached hydrogen (secondary N) is 1. The Bertz CT molecular complexity index is 1030. The minimum Gasteiger partial charge on any atom is -0.493 e. The number of anilines is 1. The van der Waals surface area contributed by atoms with Crippen molar-refractivity contribution >= 4 is 33.2 Å². The number of amides is 1. The monoisotopic (exact) mass is 466 g/mol. The number of rotatable bonds is 7. The van der Waals surface area contributed by atoms with Crippen LogP contribution in [0.1, 0.15) is 43.0 Å². The summed E-state index contributed by atoms with van der Waals surface area (Å²) in [5.74, 6) is 0.276. The maximum absolute atomic E-state index is 13.0. The van der Waals surface area contributed by atoms with Crippen LogP contribution in [0.3, 0.4) is 0 Å². The Morgan fingerprint density at radius 1 is 1.13 bits per heavy atom. The Morgan fingerprint density at radius 2 is 1.84 bits per heavy atom. The van der Waals surface area contributed by atoms with Crippen LogP contribution in [0.5, 0.6) is 11.5 Å². The van der Waals surface area contributed by atoms with E-state index in [0.717, 1.165) is 25.7 Å². The molecule has 0 spiro atoms. The molecule has 1 aliphatic rings. The molecule has 0 unspecified atom stereocenters. The minimum atomic E-state index is -3.61. The van der Waals surface area contributed by atoms with Gasteiger partial charge in [0.15, 0.2) is 11.5 Å². The van der Waals surface area contributed by atoms with Gasteiger partial charge in [0.2, 0.25) is 10.0 Å². The highest BCUT2D eigenvalue weighted by Gasteiger charge is 2.25. The number of sulfonamides is 1. The normalized spacial score (nSPS) is 15.2. The van der Waals surface area contributed by atoms with Crippen LogP contribution >= 0.6 is 11.6 Å². The fraction of sp³-hybridized carbons (Fsp3) is 0.409. The zero-order valence-electron chi connectivity index (χ0n) is 17.7. The van der Waals surface area contributed by atoms with Crippen LogP contribution in [0, 0.1) is 0 Å². The molecule has 0 saturated carbocycles. The zero-order chi connectivity index (χ0) is 22.4. The third-order valence-corrected chi connectivity index (χ3v) is 7.25. The second-order valence-corrected chi connectivity index (χ2v) is 9.57. The van der Waals surface area contributed by atoms with Gasteiger partial charge in [-0.3, -0.25) is 4.79 Å². The van der Waals surface area contributed by atoms with Crippen molar-refractivity contribution in [1.29, 1.82) is 0 Å². The molecule has 1 heterocycles. The summed E-state index contributed by atoms with van der Waals surface area (Å²) in [6.07, 6.45) is 3.79. The van der Waals surface area contributed by atoms with Crippen molar-refractivity contribution in [2.45, 2.75) is 37.5 Å². The number of methoxy groups -OCH3 is 1. The third kappa shape index (κ3) is 5.50. The lowest BCUT2D eigenvalue weighted by Crippen LogP contribution is -2.32. The van der Waals surface area contributed by atoms with Gasteiger partial charge in [-0.1, -0.05) is 30.5 Å². The molecule has 0 radical (unpaired) electrons. The topological polar surface area (TPSA) is 84.9 Å². The van der Waals surface area contributed by atoms with Gasteiger partial charge in [0.1, 0.15) is 0 Å². The summed E-state index contributed by atoms with van der Waals surface area (Å²) in [6.45, 7) is 3.26. The first-order valence-electron chi connectivity index (χ1n) is 10.3. The molecule has 7 nitrogen and oxygen atoms in total. The molecule has 0 aromatic heterocycles. The van der Waals surface area contributed by atoms with E-state index in [1.165, 1.54) is 29.6 Å². The molecular weight excluding hydrogens is 440 g/mol. The van der Waals surface area contributed by atoms with E-state index >= 15 is 0 Å². The number of benzene rings is 2. The van der Waals surface area contributed by atoms with Crippen LogP contribution in [0.25, 0.3) is 0 Å². The molecule has 168 valence electrons. The average Bonchev–Trinajstić information content (AvgIpc) is 3.05. The van der Waals surface area contributed by atoms with Crippen molar-refractivity contribution in [1.82, 2.24) is 4.31 Å². The molecule has 2 aromatic rings. The summed E-state index contributed by atoms with van der Waals surface area (Å²) >= 11 is 6.25. The van der Waals surface area contributed by atoms with Gasteiger partial charge < -0.3 is 14.8 Å². The molecule has 9 heteroatoms. The molecule has 2 aromatic carbocycles. The molecule has 0 atom stereocenters. The summed E-state index contributed by atoms with van der Waals surface area (Å²) in [5, 5.41) is 2.99. The third-order valence-electron chi connectivity index (χ3n) is 5.08. The van der Waals surface area contributed by atoms with E-state index in [9.17, 15) is 13.2 Å². The van der Waals surface area contributed by atoms with Gasteiger partial charge >= 0.3 is 0 Å². The van der Waals surface area contributed by atoms with Gasteiger partial charge in [0.05, 0.1) is 23.6 Å². The summed E-state index contributed by atoms with van der Waals surface area (Å²) < 4.78 is 38.4. The van der Waals surface area contributed by atoms with E-state index in [4.69, 9.17) is 21.1 Å². The number of hydrogen-bond donors (Lipinski definition) is 1. The van der Waals surface area contributed by atoms with Crippen molar-refractivity contribution in [2.75, 3.05) is 32.1 Å². The Labute approximate surface area is 188 Å². The van der Waals surface area contributed by atoms with Crippen LogP contribution in [0.15, 0.2) is 41.3 Å². The van der Waals surface area contributed by atoms with Crippen LogP contribution < -0.4 is 14.8 Å². The highest BCUT2D eigenvalue weighted by Crippen LogP contribution is 2.36. The molecular formula is C22H27ClN2O5S. The number of nitrogens with zero attached hydrogens (tertiary/aromatic N) is 1. The first kappa shape index (κ1) is 23.4. The second kappa shape index (κ2) is 10.3. The first-order valence-corrected chi connectivity index (χ1v) is 12.1. The van der Waals surface area contributed by atoms with Crippen LogP contribution in [0.2, 0.25) is 5.02 Å². The fourth-order valence-corrected chi connectivity index (χ4v) is 5.33. The van der Waals surface area contributed by atoms with E-state index < -0.39 is 15.9 Å². The number of ether oxygens (including phenoxy) is 2. The van der Waals surface area contributed by atoms with Gasteiger partial charge in [-0.15, -0.1) is 0 Å². The molecule has 3 rings (SSSR count). The summed E-state index contributed by atoms with van der Waals surface area (Å²) in [6, 6.07) is 9.31. The number of carbonyl (C=O) groups is 1. The highest BCUT2D eigenvalue weighted by atomic mass is 35.5. The van der Waals surface area contributed by atoms with Gasteiger partial charge in [-0.05, 0) is 50.1 Å². The second-order valence-electron chi connectivity index (χ2n) is 7.22. The smallest absolute Gasteiger partial charge is 0.255 e. The van der Waals surface area contributed by atoms with Crippen molar-refractivity contribution < 1.29 is 22.7 Å². The lowest BCUT2D eigenvalue weighted by molar-refractivity contribution is 0.102. The largest absolute Gasteiger partial charge is 0.493 e. The molecule has 0 aliphatic carbocycles. The Kier molecular flexibility index (Phi) is 7.80. The quantitative estimate of drug-likeness (QED) is 0.646. The zero-order valence-corrected chi connectivity index (χ0v) is 19.3. The molecule has 1 amide bonds. The molecule has 1 aliphatic heterocycles. The standard InChI is InChI=1S/C22H27ClN2O5S/c1-3-30-21-19(23)13-16(14-20(21)29-2)22(26)24-17-9-8-10-18(15-17)31(27,28)25-11-6-4-5-7-12-25/h8-10,13-15H,3-7,11-12H2,1-2H3,(H,24,26). The van der Waals surface area contributed by atoms with Gasteiger partial charge in [-0.2, -0.15) is 4.31 Å². The number of halogens is 1. The SMILES string of the molecule is CCOc1c(Cl)cc(C(=O)Nc2cccc(S(=O)(=O)N3CCCCCC3)c2)cc1OC. The summed E-state index contributed by atoms with van der Waals surface area (Å²) in [4.78, 5) is 12.9. The Hall–Kier alpha value is -2.29. The minimum absolute atomic E-state index is 0.162. The van der Waals surface area contributed by atoms with Crippen molar-refractivity contribution in [3.8, 4) is 11.5 Å². The predicted molar refractivity (Wildman–Crippen MR) is 121 cm³/mol. The van der Waals surface area contributed by atoms with E-state index in [1.807, 2.05) is 6.92 Å². The average molecular weight is 467 g/mol. The summed E-state index contributed by atoms with van der Waals surface area (Å²) in [5.41, 5.74) is 0.649. The molecule has 0 bridgehead atoms. The van der Waals surface area contributed by atoms with E-state index in [2.05, 4.69) is 5.32 Å². The molecule has 1 fully saturated rings. The van der Waals surface area contributed by atoms with Crippen molar-refractivity contribution in [2.24, 2.45) is 0 Å². The van der Waals surface area contributed by atoms with E-state index in [1.54, 1.807) is 18.2 Å².